The highest BCUT2D eigenvalue weighted by atomic mass is 32.2. The van der Waals surface area contributed by atoms with Crippen molar-refractivity contribution in [2.24, 2.45) is 0 Å². The van der Waals surface area contributed by atoms with Gasteiger partial charge in [0.2, 0.25) is 0 Å². The summed E-state index contributed by atoms with van der Waals surface area (Å²) in [7, 11) is 0. The van der Waals surface area contributed by atoms with Crippen molar-refractivity contribution in [3.05, 3.63) is 33.9 Å². The number of aliphatic hydroxyl groups is 1. The van der Waals surface area contributed by atoms with E-state index in [1.165, 1.54) is 12.1 Å². The van der Waals surface area contributed by atoms with Gasteiger partial charge in [-0.25, -0.2) is 0 Å². The maximum Gasteiger partial charge on any atom is 0.289 e. The summed E-state index contributed by atoms with van der Waals surface area (Å²) in [6, 6.07) is 6.27. The Balaban J connectivity index is 2.49. The molecule has 1 aromatic carbocycles. The number of hydrogen-bond donors (Lipinski definition) is 2. The van der Waals surface area contributed by atoms with E-state index in [0.717, 1.165) is 17.9 Å². The van der Waals surface area contributed by atoms with Crippen LogP contribution in [0.3, 0.4) is 0 Å². The molecule has 6 nitrogen and oxygen atoms in total. The van der Waals surface area contributed by atoms with Gasteiger partial charge in [-0.15, -0.1) is 0 Å². The van der Waals surface area contributed by atoms with Crippen molar-refractivity contribution in [1.82, 2.24) is 0 Å². The first kappa shape index (κ1) is 15.3. The van der Waals surface area contributed by atoms with Crippen molar-refractivity contribution in [2.75, 3.05) is 30.0 Å². The van der Waals surface area contributed by atoms with Gasteiger partial charge in [-0.2, -0.15) is 17.0 Å². The number of benzene rings is 1. The first-order valence-corrected chi connectivity index (χ1v) is 6.95. The van der Waals surface area contributed by atoms with Gasteiger partial charge in [0.1, 0.15) is 11.6 Å². The van der Waals surface area contributed by atoms with Crippen LogP contribution in [0.15, 0.2) is 18.2 Å². The molecule has 7 heteroatoms. The lowest BCUT2D eigenvalue weighted by Gasteiger charge is -2.06. The summed E-state index contributed by atoms with van der Waals surface area (Å²) in [6.07, 6.45) is 0.771. The molecule has 0 aliphatic carbocycles. The molecule has 0 bridgehead atoms. The van der Waals surface area contributed by atoms with Gasteiger partial charge in [-0.1, -0.05) is 0 Å². The highest BCUT2D eigenvalue weighted by Gasteiger charge is 2.13. The Morgan fingerprint density at radius 3 is 2.89 bits per heavy atom. The largest absolute Gasteiger partial charge is 0.396 e. The van der Waals surface area contributed by atoms with Crippen LogP contribution in [-0.2, 0) is 0 Å². The fourth-order valence-corrected chi connectivity index (χ4v) is 2.21. The van der Waals surface area contributed by atoms with E-state index in [1.54, 1.807) is 23.9 Å². The zero-order valence-electron chi connectivity index (χ0n) is 10.3. The summed E-state index contributed by atoms with van der Waals surface area (Å²) < 4.78 is 0. The first-order valence-electron chi connectivity index (χ1n) is 5.80. The Hall–Kier alpha value is -1.78. The number of hydrogen-bond acceptors (Lipinski definition) is 6. The third-order valence-electron chi connectivity index (χ3n) is 2.34. The molecule has 0 heterocycles. The van der Waals surface area contributed by atoms with E-state index < -0.39 is 4.92 Å². The van der Waals surface area contributed by atoms with Gasteiger partial charge < -0.3 is 10.4 Å². The molecule has 102 valence electrons. The second kappa shape index (κ2) is 8.34. The van der Waals surface area contributed by atoms with E-state index in [-0.39, 0.29) is 17.9 Å². The SMILES string of the molecule is N#Cc1ccc(NCCSCCCO)cc1[N+](=O)[O-]. The van der Waals surface area contributed by atoms with Gasteiger partial charge in [0.25, 0.3) is 5.69 Å². The van der Waals surface area contributed by atoms with Gasteiger partial charge in [0.05, 0.1) is 4.92 Å². The number of nitro benzene ring substituents is 1. The van der Waals surface area contributed by atoms with Crippen molar-refractivity contribution >= 4 is 23.1 Å². The highest BCUT2D eigenvalue weighted by molar-refractivity contribution is 7.99. The third-order valence-corrected chi connectivity index (χ3v) is 3.41. The molecule has 19 heavy (non-hydrogen) atoms. The van der Waals surface area contributed by atoms with E-state index in [4.69, 9.17) is 10.4 Å². The average molecular weight is 281 g/mol. The molecule has 0 aromatic heterocycles. The Labute approximate surface area is 115 Å². The molecule has 2 N–H and O–H groups in total. The summed E-state index contributed by atoms with van der Waals surface area (Å²) in [6.45, 7) is 0.876. The van der Waals surface area contributed by atoms with Crippen LogP contribution in [-0.4, -0.2) is 34.7 Å². The van der Waals surface area contributed by atoms with Crippen LogP contribution < -0.4 is 5.32 Å². The van der Waals surface area contributed by atoms with Crippen LogP contribution in [0.2, 0.25) is 0 Å². The van der Waals surface area contributed by atoms with Crippen LogP contribution in [0.4, 0.5) is 11.4 Å². The lowest BCUT2D eigenvalue weighted by molar-refractivity contribution is -0.385. The van der Waals surface area contributed by atoms with Crippen LogP contribution in [0, 0.1) is 21.4 Å². The molecular weight excluding hydrogens is 266 g/mol. The Morgan fingerprint density at radius 2 is 2.26 bits per heavy atom. The van der Waals surface area contributed by atoms with Gasteiger partial charge in [-0.05, 0) is 24.3 Å². The van der Waals surface area contributed by atoms with Crippen molar-refractivity contribution in [3.63, 3.8) is 0 Å². The fourth-order valence-electron chi connectivity index (χ4n) is 1.42. The summed E-state index contributed by atoms with van der Waals surface area (Å²) in [5.41, 5.74) is 0.516. The number of thioether (sulfide) groups is 1. The Bertz CT molecular complexity index is 474. The normalized spacial score (nSPS) is 9.89. The first-order chi connectivity index (χ1) is 9.19. The summed E-state index contributed by atoms with van der Waals surface area (Å²) in [5, 5.41) is 31.2. The molecule has 0 spiro atoms. The van der Waals surface area contributed by atoms with Crippen molar-refractivity contribution in [1.29, 1.82) is 5.26 Å². The minimum Gasteiger partial charge on any atom is -0.396 e. The van der Waals surface area contributed by atoms with Gasteiger partial charge >= 0.3 is 0 Å². The number of nitro groups is 1. The zero-order chi connectivity index (χ0) is 14.1. The molecule has 0 fully saturated rings. The van der Waals surface area contributed by atoms with Crippen molar-refractivity contribution < 1.29 is 10.0 Å². The van der Waals surface area contributed by atoms with Gasteiger partial charge in [0.15, 0.2) is 0 Å². The minimum atomic E-state index is -0.556. The highest BCUT2D eigenvalue weighted by Crippen LogP contribution is 2.22. The maximum absolute atomic E-state index is 10.8. The smallest absolute Gasteiger partial charge is 0.289 e. The summed E-state index contributed by atoms with van der Waals surface area (Å²) >= 11 is 1.71. The number of rotatable bonds is 8. The average Bonchev–Trinajstić information content (AvgIpc) is 2.42. The van der Waals surface area contributed by atoms with Crippen LogP contribution in [0.1, 0.15) is 12.0 Å². The maximum atomic E-state index is 10.8. The van der Waals surface area contributed by atoms with Crippen LogP contribution in [0.25, 0.3) is 0 Å². The van der Waals surface area contributed by atoms with Crippen molar-refractivity contribution in [2.45, 2.75) is 6.42 Å². The van der Waals surface area contributed by atoms with E-state index in [9.17, 15) is 10.1 Å². The van der Waals surface area contributed by atoms with E-state index in [1.807, 2.05) is 0 Å². The number of nitrogens with zero attached hydrogens (tertiary/aromatic N) is 2. The lowest BCUT2D eigenvalue weighted by Crippen LogP contribution is -2.05. The summed E-state index contributed by atoms with van der Waals surface area (Å²) in [4.78, 5) is 10.2. The van der Waals surface area contributed by atoms with E-state index >= 15 is 0 Å². The molecular formula is C12H15N3O3S. The second-order valence-electron chi connectivity index (χ2n) is 3.72. The minimum absolute atomic E-state index is 0.0628. The number of nitrogens with one attached hydrogen (secondary N) is 1. The fraction of sp³-hybridized carbons (Fsp3) is 0.417. The quantitative estimate of drug-likeness (QED) is 0.429. The van der Waals surface area contributed by atoms with E-state index in [0.29, 0.717) is 12.2 Å². The number of nitriles is 1. The van der Waals surface area contributed by atoms with Gasteiger partial charge in [0, 0.05) is 30.7 Å². The molecule has 0 saturated carbocycles. The molecule has 0 radical (unpaired) electrons. The predicted molar refractivity (Wildman–Crippen MR) is 75.3 cm³/mol. The second-order valence-corrected chi connectivity index (χ2v) is 4.94. The standard InChI is InChI=1S/C12H15N3O3S/c13-9-10-2-3-11(8-12(10)15(17)18)14-4-7-19-6-1-5-16/h2-3,8,14,16H,1,4-7H2. The van der Waals surface area contributed by atoms with Crippen LogP contribution >= 0.6 is 11.8 Å². The topological polar surface area (TPSA) is 99.2 Å². The molecule has 0 aliphatic rings. The lowest BCUT2D eigenvalue weighted by atomic mass is 10.2. The summed E-state index contributed by atoms with van der Waals surface area (Å²) in [5.74, 6) is 1.75. The zero-order valence-corrected chi connectivity index (χ0v) is 11.2. The van der Waals surface area contributed by atoms with Gasteiger partial charge in [-0.3, -0.25) is 10.1 Å². The molecule has 0 aliphatic heterocycles. The Kier molecular flexibility index (Phi) is 6.71. The Morgan fingerprint density at radius 1 is 1.47 bits per heavy atom. The van der Waals surface area contributed by atoms with E-state index in [2.05, 4.69) is 5.32 Å². The predicted octanol–water partition coefficient (Wildman–Crippen LogP) is 1.99. The molecule has 0 unspecified atom stereocenters. The molecule has 0 saturated heterocycles. The third kappa shape index (κ3) is 5.16. The van der Waals surface area contributed by atoms with Crippen LogP contribution in [0.5, 0.6) is 0 Å². The van der Waals surface area contributed by atoms with Crippen molar-refractivity contribution in [3.8, 4) is 6.07 Å². The molecule has 0 atom stereocenters. The monoisotopic (exact) mass is 281 g/mol. The molecule has 1 aromatic rings. The number of aliphatic hydroxyl groups excluding tert-OH is 1. The number of anilines is 1. The molecule has 1 rings (SSSR count). The molecule has 0 amide bonds.